The number of rotatable bonds is 5. The number of aryl methyl sites for hydroxylation is 1. The normalized spacial score (nSPS) is 12.6. The number of nitrogens with two attached hydrogens (primary N) is 1. The van der Waals surface area contributed by atoms with Crippen molar-refractivity contribution in [2.75, 3.05) is 11.9 Å². The quantitative estimate of drug-likeness (QED) is 0.620. The lowest BCUT2D eigenvalue weighted by Gasteiger charge is -2.30. The van der Waals surface area contributed by atoms with Gasteiger partial charge in [0.25, 0.3) is 0 Å². The second kappa shape index (κ2) is 5.89. The first-order valence-corrected chi connectivity index (χ1v) is 6.50. The maximum atomic E-state index is 7.67. The molecule has 1 unspecified atom stereocenters. The van der Waals surface area contributed by atoms with Crippen LogP contribution >= 0.6 is 0 Å². The molecular formula is C15H25N3. The molecule has 100 valence electrons. The zero-order chi connectivity index (χ0) is 13.9. The number of anilines is 1. The van der Waals surface area contributed by atoms with Crippen molar-refractivity contribution in [3.63, 3.8) is 0 Å². The molecule has 0 aliphatic carbocycles. The van der Waals surface area contributed by atoms with E-state index in [4.69, 9.17) is 11.1 Å². The van der Waals surface area contributed by atoms with E-state index >= 15 is 0 Å². The number of nitrogens with one attached hydrogen (secondary N) is 1. The summed E-state index contributed by atoms with van der Waals surface area (Å²) in [6, 6.07) is 6.48. The second-order valence-electron chi connectivity index (χ2n) is 5.52. The molecule has 0 saturated heterocycles. The van der Waals surface area contributed by atoms with Crippen LogP contribution in [0.1, 0.15) is 38.3 Å². The number of nitrogen functional groups attached to an aromatic ring is 1. The van der Waals surface area contributed by atoms with Crippen molar-refractivity contribution in [2.24, 2.45) is 11.7 Å². The summed E-state index contributed by atoms with van der Waals surface area (Å²) in [6.07, 6.45) is 1.13. The molecular weight excluding hydrogens is 222 g/mol. The third-order valence-corrected chi connectivity index (χ3v) is 3.30. The Bertz CT molecular complexity index is 424. The van der Waals surface area contributed by atoms with E-state index in [-0.39, 0.29) is 5.84 Å². The standard InChI is InChI=1S/C15H25N3/c1-10(2)8-12(4)18(5)14-9-11(3)6-7-13(14)15(16)17/h6-7,9-10,12H,8H2,1-5H3,(H3,16,17). The fourth-order valence-electron chi connectivity index (χ4n) is 2.24. The van der Waals surface area contributed by atoms with Gasteiger partial charge in [0.15, 0.2) is 0 Å². The molecule has 0 saturated carbocycles. The van der Waals surface area contributed by atoms with Gasteiger partial charge in [0.2, 0.25) is 0 Å². The second-order valence-corrected chi connectivity index (χ2v) is 5.52. The van der Waals surface area contributed by atoms with Crippen LogP contribution in [0.4, 0.5) is 5.69 Å². The molecule has 1 rings (SSSR count). The smallest absolute Gasteiger partial charge is 0.124 e. The lowest BCUT2D eigenvalue weighted by molar-refractivity contribution is 0.504. The molecule has 1 aromatic carbocycles. The SMILES string of the molecule is Cc1ccc(C(=N)N)c(N(C)C(C)CC(C)C)c1. The Morgan fingerprint density at radius 2 is 1.94 bits per heavy atom. The Kier molecular flexibility index (Phi) is 4.76. The first-order chi connectivity index (χ1) is 8.32. The Morgan fingerprint density at radius 3 is 2.44 bits per heavy atom. The number of hydrogen-bond donors (Lipinski definition) is 2. The average Bonchev–Trinajstić information content (AvgIpc) is 2.26. The first-order valence-electron chi connectivity index (χ1n) is 6.50. The fraction of sp³-hybridized carbons (Fsp3) is 0.533. The van der Waals surface area contributed by atoms with Gasteiger partial charge in [0.05, 0.1) is 0 Å². The van der Waals surface area contributed by atoms with Crippen molar-refractivity contribution < 1.29 is 0 Å². The van der Waals surface area contributed by atoms with Crippen LogP contribution in [0.3, 0.4) is 0 Å². The molecule has 0 radical (unpaired) electrons. The lowest BCUT2D eigenvalue weighted by Crippen LogP contribution is -2.32. The van der Waals surface area contributed by atoms with Crippen molar-refractivity contribution in [3.05, 3.63) is 29.3 Å². The number of amidine groups is 1. The molecule has 3 nitrogen and oxygen atoms in total. The molecule has 0 amide bonds. The molecule has 3 heteroatoms. The van der Waals surface area contributed by atoms with E-state index in [0.717, 1.165) is 17.7 Å². The monoisotopic (exact) mass is 247 g/mol. The summed E-state index contributed by atoms with van der Waals surface area (Å²) >= 11 is 0. The topological polar surface area (TPSA) is 53.1 Å². The van der Waals surface area contributed by atoms with Gasteiger partial charge in [-0.25, -0.2) is 0 Å². The van der Waals surface area contributed by atoms with Gasteiger partial charge in [-0.15, -0.1) is 0 Å². The van der Waals surface area contributed by atoms with Crippen molar-refractivity contribution in [2.45, 2.75) is 40.2 Å². The highest BCUT2D eigenvalue weighted by Crippen LogP contribution is 2.24. The first kappa shape index (κ1) is 14.6. The van der Waals surface area contributed by atoms with Gasteiger partial charge in [0, 0.05) is 24.3 Å². The van der Waals surface area contributed by atoms with Gasteiger partial charge in [-0.3, -0.25) is 5.41 Å². The summed E-state index contributed by atoms with van der Waals surface area (Å²) in [5.74, 6) is 0.793. The Labute approximate surface area is 111 Å². The van der Waals surface area contributed by atoms with Crippen LogP contribution in [0, 0.1) is 18.3 Å². The minimum atomic E-state index is 0.133. The van der Waals surface area contributed by atoms with E-state index < -0.39 is 0 Å². The molecule has 3 N–H and O–H groups in total. The van der Waals surface area contributed by atoms with Crippen molar-refractivity contribution in [1.29, 1.82) is 5.41 Å². The predicted octanol–water partition coefficient (Wildman–Crippen LogP) is 3.15. The lowest BCUT2D eigenvalue weighted by atomic mass is 10.0. The Hall–Kier alpha value is -1.51. The Balaban J connectivity index is 3.06. The van der Waals surface area contributed by atoms with Gasteiger partial charge in [-0.1, -0.05) is 19.9 Å². The molecule has 0 aliphatic heterocycles. The maximum absolute atomic E-state index is 7.67. The van der Waals surface area contributed by atoms with Crippen LogP contribution in [0.15, 0.2) is 18.2 Å². The van der Waals surface area contributed by atoms with Crippen molar-refractivity contribution >= 4 is 11.5 Å². The van der Waals surface area contributed by atoms with E-state index in [2.05, 4.69) is 45.7 Å². The average molecular weight is 247 g/mol. The minimum absolute atomic E-state index is 0.133. The van der Waals surface area contributed by atoms with Crippen LogP contribution in [-0.4, -0.2) is 18.9 Å². The van der Waals surface area contributed by atoms with Gasteiger partial charge >= 0.3 is 0 Å². The molecule has 0 fully saturated rings. The summed E-state index contributed by atoms with van der Waals surface area (Å²) in [5.41, 5.74) is 8.72. The molecule has 0 aromatic heterocycles. The van der Waals surface area contributed by atoms with E-state index in [9.17, 15) is 0 Å². The van der Waals surface area contributed by atoms with Crippen LogP contribution in [-0.2, 0) is 0 Å². The van der Waals surface area contributed by atoms with E-state index in [1.165, 1.54) is 5.56 Å². The molecule has 1 aromatic rings. The summed E-state index contributed by atoms with van der Waals surface area (Å²) in [7, 11) is 2.08. The zero-order valence-electron chi connectivity index (χ0n) is 12.1. The minimum Gasteiger partial charge on any atom is -0.384 e. The summed E-state index contributed by atoms with van der Waals surface area (Å²) in [4.78, 5) is 2.23. The fourth-order valence-corrected chi connectivity index (χ4v) is 2.24. The Morgan fingerprint density at radius 1 is 1.33 bits per heavy atom. The van der Waals surface area contributed by atoms with Crippen molar-refractivity contribution in [3.8, 4) is 0 Å². The molecule has 0 spiro atoms. The summed E-state index contributed by atoms with van der Waals surface area (Å²) < 4.78 is 0. The molecule has 0 bridgehead atoms. The van der Waals surface area contributed by atoms with Gasteiger partial charge in [-0.2, -0.15) is 0 Å². The highest BCUT2D eigenvalue weighted by molar-refractivity contribution is 6.00. The summed E-state index contributed by atoms with van der Waals surface area (Å²) in [5, 5.41) is 7.67. The van der Waals surface area contributed by atoms with Crippen LogP contribution < -0.4 is 10.6 Å². The molecule has 0 heterocycles. The number of hydrogen-bond acceptors (Lipinski definition) is 2. The predicted molar refractivity (Wildman–Crippen MR) is 79.5 cm³/mol. The molecule has 18 heavy (non-hydrogen) atoms. The summed E-state index contributed by atoms with van der Waals surface area (Å²) in [6.45, 7) is 8.74. The highest BCUT2D eigenvalue weighted by atomic mass is 15.1. The highest BCUT2D eigenvalue weighted by Gasteiger charge is 2.16. The van der Waals surface area contributed by atoms with Gasteiger partial charge < -0.3 is 10.6 Å². The van der Waals surface area contributed by atoms with Crippen molar-refractivity contribution in [1.82, 2.24) is 0 Å². The van der Waals surface area contributed by atoms with Gasteiger partial charge in [0.1, 0.15) is 5.84 Å². The van der Waals surface area contributed by atoms with E-state index in [0.29, 0.717) is 12.0 Å². The van der Waals surface area contributed by atoms with E-state index in [1.807, 2.05) is 12.1 Å². The number of nitrogens with zero attached hydrogens (tertiary/aromatic N) is 1. The van der Waals surface area contributed by atoms with Crippen LogP contribution in [0.5, 0.6) is 0 Å². The zero-order valence-corrected chi connectivity index (χ0v) is 12.1. The molecule has 0 aliphatic rings. The van der Waals surface area contributed by atoms with Gasteiger partial charge in [-0.05, 0) is 43.9 Å². The van der Waals surface area contributed by atoms with E-state index in [1.54, 1.807) is 0 Å². The third kappa shape index (κ3) is 3.49. The third-order valence-electron chi connectivity index (χ3n) is 3.30. The molecule has 1 atom stereocenters. The largest absolute Gasteiger partial charge is 0.384 e. The van der Waals surface area contributed by atoms with Crippen LogP contribution in [0.2, 0.25) is 0 Å². The number of benzene rings is 1. The maximum Gasteiger partial charge on any atom is 0.124 e. The van der Waals surface area contributed by atoms with Crippen LogP contribution in [0.25, 0.3) is 0 Å².